The summed E-state index contributed by atoms with van der Waals surface area (Å²) in [6, 6.07) is 2.62. The lowest BCUT2D eigenvalue weighted by Crippen LogP contribution is -2.21. The Balaban J connectivity index is 2.70. The van der Waals surface area contributed by atoms with E-state index < -0.39 is 24.6 Å². The van der Waals surface area contributed by atoms with Gasteiger partial charge in [0.05, 0.1) is 12.5 Å². The summed E-state index contributed by atoms with van der Waals surface area (Å²) in [6.45, 7) is 0. The predicted molar refractivity (Wildman–Crippen MR) is 47.3 cm³/mol. The third-order valence-electron chi connectivity index (χ3n) is 1.80. The molecule has 82 valence electrons. The molecule has 2 atom stereocenters. The maximum absolute atomic E-state index is 10.3. The van der Waals surface area contributed by atoms with Crippen molar-refractivity contribution in [3.63, 3.8) is 0 Å². The fraction of sp³-hybridized carbons (Fsp3) is 0.333. The molecule has 0 spiro atoms. The van der Waals surface area contributed by atoms with E-state index in [1.165, 1.54) is 12.1 Å². The number of aldehydes is 1. The van der Waals surface area contributed by atoms with Gasteiger partial charge in [0.2, 0.25) is 0 Å². The van der Waals surface area contributed by atoms with Crippen LogP contribution in [0.15, 0.2) is 16.5 Å². The van der Waals surface area contributed by atoms with E-state index in [4.69, 9.17) is 9.52 Å². The predicted octanol–water partition coefficient (Wildman–Crippen LogP) is -0.0389. The van der Waals surface area contributed by atoms with E-state index in [0.717, 1.165) is 0 Å². The van der Waals surface area contributed by atoms with Gasteiger partial charge in [0, 0.05) is 0 Å². The van der Waals surface area contributed by atoms with E-state index >= 15 is 0 Å². The first-order chi connectivity index (χ1) is 7.04. The molecule has 0 bridgehead atoms. The smallest absolute Gasteiger partial charge is 0.306 e. The largest absolute Gasteiger partial charge is 0.481 e. The number of hydrogen-bond donors (Lipinski definition) is 3. The molecule has 0 aliphatic carbocycles. The van der Waals surface area contributed by atoms with Crippen molar-refractivity contribution in [2.24, 2.45) is 0 Å². The second-order valence-corrected chi connectivity index (χ2v) is 2.97. The lowest BCUT2D eigenvalue weighted by atomic mass is 10.1. The quantitative estimate of drug-likeness (QED) is 0.593. The molecule has 0 fully saturated rings. The minimum Gasteiger partial charge on any atom is -0.481 e. The zero-order chi connectivity index (χ0) is 11.4. The molecule has 15 heavy (non-hydrogen) atoms. The van der Waals surface area contributed by atoms with Gasteiger partial charge in [0.25, 0.3) is 0 Å². The van der Waals surface area contributed by atoms with Crippen LogP contribution in [0.5, 0.6) is 0 Å². The highest BCUT2D eigenvalue weighted by Gasteiger charge is 2.23. The molecule has 2 unspecified atom stereocenters. The molecule has 6 nitrogen and oxygen atoms in total. The second-order valence-electron chi connectivity index (χ2n) is 2.97. The average Bonchev–Trinajstić information content (AvgIpc) is 2.63. The third-order valence-corrected chi connectivity index (χ3v) is 1.80. The molecular weight excluding hydrogens is 204 g/mol. The van der Waals surface area contributed by atoms with Crippen molar-refractivity contribution >= 4 is 12.3 Å². The maximum atomic E-state index is 10.3. The summed E-state index contributed by atoms with van der Waals surface area (Å²) in [6.07, 6.45) is -3.07. The van der Waals surface area contributed by atoms with Crippen LogP contribution in [0.2, 0.25) is 0 Å². The molecular formula is C9H10O6. The molecule has 0 aliphatic heterocycles. The standard InChI is InChI=1S/C9H10O6/c10-4-5-1-2-7(15-5)9(14)6(11)3-8(12)13/h1-2,4,6,9,11,14H,3H2,(H,12,13). The van der Waals surface area contributed by atoms with Gasteiger partial charge in [-0.05, 0) is 12.1 Å². The van der Waals surface area contributed by atoms with Gasteiger partial charge in [-0.1, -0.05) is 0 Å². The van der Waals surface area contributed by atoms with Crippen LogP contribution in [-0.4, -0.2) is 33.7 Å². The van der Waals surface area contributed by atoms with Gasteiger partial charge in [-0.15, -0.1) is 0 Å². The van der Waals surface area contributed by atoms with Gasteiger partial charge in [-0.3, -0.25) is 9.59 Å². The fourth-order valence-electron chi connectivity index (χ4n) is 1.07. The van der Waals surface area contributed by atoms with Crippen molar-refractivity contribution in [3.8, 4) is 0 Å². The summed E-state index contributed by atoms with van der Waals surface area (Å²) in [5, 5.41) is 27.0. The molecule has 1 aromatic heterocycles. The Kier molecular flexibility index (Phi) is 3.59. The monoisotopic (exact) mass is 214 g/mol. The van der Waals surface area contributed by atoms with Crippen molar-refractivity contribution in [3.05, 3.63) is 23.7 Å². The fourth-order valence-corrected chi connectivity index (χ4v) is 1.07. The van der Waals surface area contributed by atoms with Crippen molar-refractivity contribution in [1.29, 1.82) is 0 Å². The molecule has 0 saturated carbocycles. The molecule has 1 heterocycles. The van der Waals surface area contributed by atoms with Crippen LogP contribution in [0.1, 0.15) is 28.8 Å². The Morgan fingerprint density at radius 3 is 2.60 bits per heavy atom. The zero-order valence-corrected chi connectivity index (χ0v) is 7.66. The van der Waals surface area contributed by atoms with E-state index in [2.05, 4.69) is 0 Å². The summed E-state index contributed by atoms with van der Waals surface area (Å²) in [7, 11) is 0. The minimum atomic E-state index is -1.46. The van der Waals surface area contributed by atoms with Crippen molar-refractivity contribution in [2.45, 2.75) is 18.6 Å². The number of aliphatic hydroxyl groups is 2. The number of furan rings is 1. The van der Waals surface area contributed by atoms with Gasteiger partial charge in [0.1, 0.15) is 11.9 Å². The Morgan fingerprint density at radius 2 is 2.13 bits per heavy atom. The highest BCUT2D eigenvalue weighted by molar-refractivity contribution is 5.70. The number of aliphatic hydroxyl groups excluding tert-OH is 2. The van der Waals surface area contributed by atoms with Crippen LogP contribution < -0.4 is 0 Å². The number of carbonyl (C=O) groups excluding carboxylic acids is 1. The van der Waals surface area contributed by atoms with E-state index in [1.807, 2.05) is 0 Å². The van der Waals surface area contributed by atoms with Crippen LogP contribution in [0.3, 0.4) is 0 Å². The van der Waals surface area contributed by atoms with Crippen molar-refractivity contribution in [1.82, 2.24) is 0 Å². The molecule has 1 aromatic rings. The molecule has 0 aromatic carbocycles. The van der Waals surface area contributed by atoms with Crippen LogP contribution in [0, 0.1) is 0 Å². The number of hydrogen-bond acceptors (Lipinski definition) is 5. The zero-order valence-electron chi connectivity index (χ0n) is 7.66. The molecule has 0 radical (unpaired) electrons. The molecule has 0 amide bonds. The highest BCUT2D eigenvalue weighted by Crippen LogP contribution is 2.20. The Bertz CT molecular complexity index is 355. The number of rotatable bonds is 5. The summed E-state index contributed by atoms with van der Waals surface area (Å²) in [4.78, 5) is 20.5. The lowest BCUT2D eigenvalue weighted by molar-refractivity contribution is -0.141. The summed E-state index contributed by atoms with van der Waals surface area (Å²) >= 11 is 0. The highest BCUT2D eigenvalue weighted by atomic mass is 16.4. The van der Waals surface area contributed by atoms with Gasteiger partial charge < -0.3 is 19.7 Å². The summed E-state index contributed by atoms with van der Waals surface area (Å²) in [5.74, 6) is -1.26. The van der Waals surface area contributed by atoms with Gasteiger partial charge in [-0.25, -0.2) is 0 Å². The van der Waals surface area contributed by atoms with Gasteiger partial charge in [0.15, 0.2) is 12.0 Å². The summed E-state index contributed by atoms with van der Waals surface area (Å²) < 4.78 is 4.83. The van der Waals surface area contributed by atoms with Crippen LogP contribution >= 0.6 is 0 Å². The van der Waals surface area contributed by atoms with E-state index in [1.54, 1.807) is 0 Å². The minimum absolute atomic E-state index is 0.00609. The molecule has 3 N–H and O–H groups in total. The normalized spacial score (nSPS) is 14.5. The second kappa shape index (κ2) is 4.72. The third kappa shape index (κ3) is 2.90. The van der Waals surface area contributed by atoms with Crippen molar-refractivity contribution < 1.29 is 29.3 Å². The molecule has 0 aliphatic rings. The van der Waals surface area contributed by atoms with E-state index in [0.29, 0.717) is 6.29 Å². The maximum Gasteiger partial charge on any atom is 0.306 e. The van der Waals surface area contributed by atoms with Crippen LogP contribution in [0.25, 0.3) is 0 Å². The SMILES string of the molecule is O=Cc1ccc(C(O)C(O)CC(=O)O)o1. The number of carboxylic acid groups (broad SMARTS) is 1. The van der Waals surface area contributed by atoms with Crippen LogP contribution in [0.4, 0.5) is 0 Å². The topological polar surface area (TPSA) is 108 Å². The first kappa shape index (κ1) is 11.4. The Morgan fingerprint density at radius 1 is 1.47 bits per heavy atom. The summed E-state index contributed by atoms with van der Waals surface area (Å²) in [5.41, 5.74) is 0. The number of aliphatic carboxylic acids is 1. The van der Waals surface area contributed by atoms with Gasteiger partial charge >= 0.3 is 5.97 Å². The Hall–Kier alpha value is -1.66. The van der Waals surface area contributed by atoms with E-state index in [-0.39, 0.29) is 11.5 Å². The number of carboxylic acids is 1. The van der Waals surface area contributed by atoms with Crippen molar-refractivity contribution in [2.75, 3.05) is 0 Å². The first-order valence-electron chi connectivity index (χ1n) is 4.17. The average molecular weight is 214 g/mol. The molecule has 0 saturated heterocycles. The van der Waals surface area contributed by atoms with Gasteiger partial charge in [-0.2, -0.15) is 0 Å². The van der Waals surface area contributed by atoms with Crippen LogP contribution in [-0.2, 0) is 4.79 Å². The van der Waals surface area contributed by atoms with E-state index in [9.17, 15) is 19.8 Å². The molecule has 1 rings (SSSR count). The first-order valence-corrected chi connectivity index (χ1v) is 4.17. The number of carbonyl (C=O) groups is 2. The lowest BCUT2D eigenvalue weighted by Gasteiger charge is -2.13. The molecule has 6 heteroatoms. The Labute approximate surface area is 84.8 Å².